The van der Waals surface area contributed by atoms with Gasteiger partial charge in [0.2, 0.25) is 11.7 Å². The summed E-state index contributed by atoms with van der Waals surface area (Å²) in [6.45, 7) is 8.59. The van der Waals surface area contributed by atoms with Crippen LogP contribution in [0.25, 0.3) is 11.4 Å². The van der Waals surface area contributed by atoms with Crippen molar-refractivity contribution >= 4 is 0 Å². The van der Waals surface area contributed by atoms with Crippen LogP contribution in [-0.4, -0.2) is 10.1 Å². The molecule has 0 saturated carbocycles. The van der Waals surface area contributed by atoms with Gasteiger partial charge in [0.05, 0.1) is 0 Å². The fraction of sp³-hybridized carbons (Fsp3) is 0.429. The van der Waals surface area contributed by atoms with Gasteiger partial charge in [-0.1, -0.05) is 51.1 Å². The molecule has 17 heavy (non-hydrogen) atoms. The summed E-state index contributed by atoms with van der Waals surface area (Å²) in [4.78, 5) is 4.34. The monoisotopic (exact) mass is 230 g/mol. The number of benzene rings is 1. The lowest BCUT2D eigenvalue weighted by atomic mass is 9.86. The highest BCUT2D eigenvalue weighted by Crippen LogP contribution is 2.26. The van der Waals surface area contributed by atoms with E-state index in [0.717, 1.165) is 12.0 Å². The van der Waals surface area contributed by atoms with Crippen molar-refractivity contribution in [2.24, 2.45) is 0 Å². The van der Waals surface area contributed by atoms with E-state index in [4.69, 9.17) is 4.52 Å². The van der Waals surface area contributed by atoms with Gasteiger partial charge >= 0.3 is 0 Å². The van der Waals surface area contributed by atoms with E-state index in [1.165, 1.54) is 5.56 Å². The fourth-order valence-electron chi connectivity index (χ4n) is 1.64. The first-order valence-corrected chi connectivity index (χ1v) is 5.94. The summed E-state index contributed by atoms with van der Waals surface area (Å²) in [5, 5.41) is 3.99. The molecule has 3 heteroatoms. The highest BCUT2D eigenvalue weighted by Gasteiger charge is 2.15. The van der Waals surface area contributed by atoms with Gasteiger partial charge < -0.3 is 4.52 Å². The quantitative estimate of drug-likeness (QED) is 0.791. The molecule has 2 rings (SSSR count). The molecule has 0 aliphatic carbocycles. The first kappa shape index (κ1) is 11.8. The Morgan fingerprint density at radius 1 is 1.24 bits per heavy atom. The van der Waals surface area contributed by atoms with Gasteiger partial charge in [-0.05, 0) is 17.0 Å². The maximum atomic E-state index is 5.13. The van der Waals surface area contributed by atoms with Crippen LogP contribution in [-0.2, 0) is 11.8 Å². The second-order valence-corrected chi connectivity index (χ2v) is 5.20. The lowest BCUT2D eigenvalue weighted by Gasteiger charge is -2.19. The van der Waals surface area contributed by atoms with Crippen LogP contribution in [0.2, 0.25) is 0 Å². The number of hydrogen-bond donors (Lipinski definition) is 0. The number of hydrogen-bond acceptors (Lipinski definition) is 3. The molecule has 0 aliphatic heterocycles. The topological polar surface area (TPSA) is 38.9 Å². The highest BCUT2D eigenvalue weighted by molar-refractivity contribution is 5.56. The van der Waals surface area contributed by atoms with Crippen molar-refractivity contribution < 1.29 is 4.52 Å². The highest BCUT2D eigenvalue weighted by atomic mass is 16.5. The van der Waals surface area contributed by atoms with Crippen molar-refractivity contribution in [3.8, 4) is 11.4 Å². The van der Waals surface area contributed by atoms with Crippen LogP contribution in [0.3, 0.4) is 0 Å². The van der Waals surface area contributed by atoms with Crippen LogP contribution < -0.4 is 0 Å². The predicted molar refractivity (Wildman–Crippen MR) is 67.8 cm³/mol. The Bertz CT molecular complexity index is 509. The zero-order chi connectivity index (χ0) is 12.5. The Kier molecular flexibility index (Phi) is 3.01. The number of nitrogens with zero attached hydrogens (tertiary/aromatic N) is 2. The predicted octanol–water partition coefficient (Wildman–Crippen LogP) is 3.60. The third kappa shape index (κ3) is 2.54. The molecular formula is C14H18N2O. The molecular weight excluding hydrogens is 212 g/mol. The fourth-order valence-corrected chi connectivity index (χ4v) is 1.64. The number of aryl methyl sites for hydroxylation is 1. The minimum Gasteiger partial charge on any atom is -0.339 e. The van der Waals surface area contributed by atoms with Crippen LogP contribution in [0.15, 0.2) is 28.8 Å². The van der Waals surface area contributed by atoms with E-state index in [1.807, 2.05) is 19.1 Å². The van der Waals surface area contributed by atoms with E-state index in [0.29, 0.717) is 11.7 Å². The Morgan fingerprint density at radius 3 is 2.59 bits per heavy atom. The van der Waals surface area contributed by atoms with Crippen LogP contribution in [0.5, 0.6) is 0 Å². The Labute approximate surface area is 102 Å². The summed E-state index contributed by atoms with van der Waals surface area (Å²) in [5.41, 5.74) is 2.42. The van der Waals surface area contributed by atoms with Crippen molar-refractivity contribution in [3.63, 3.8) is 0 Å². The van der Waals surface area contributed by atoms with Crippen molar-refractivity contribution in [2.75, 3.05) is 0 Å². The Hall–Kier alpha value is -1.64. The number of rotatable bonds is 2. The average Bonchev–Trinajstić information content (AvgIpc) is 2.76. The third-order valence-electron chi connectivity index (χ3n) is 2.76. The van der Waals surface area contributed by atoms with E-state index < -0.39 is 0 Å². The summed E-state index contributed by atoms with van der Waals surface area (Å²) < 4.78 is 5.13. The van der Waals surface area contributed by atoms with E-state index in [9.17, 15) is 0 Å². The lowest BCUT2D eigenvalue weighted by molar-refractivity contribution is 0.383. The maximum Gasteiger partial charge on any atom is 0.226 e. The van der Waals surface area contributed by atoms with Crippen molar-refractivity contribution in [1.29, 1.82) is 0 Å². The van der Waals surface area contributed by atoms with Gasteiger partial charge in [-0.25, -0.2) is 0 Å². The van der Waals surface area contributed by atoms with Gasteiger partial charge in [0.15, 0.2) is 0 Å². The van der Waals surface area contributed by atoms with Crippen LogP contribution in [0.4, 0.5) is 0 Å². The smallest absolute Gasteiger partial charge is 0.226 e. The molecule has 0 fully saturated rings. The number of aromatic nitrogens is 2. The molecule has 1 aromatic heterocycles. The molecule has 3 nitrogen and oxygen atoms in total. The van der Waals surface area contributed by atoms with E-state index in [2.05, 4.69) is 43.0 Å². The molecule has 0 unspecified atom stereocenters. The normalized spacial score (nSPS) is 11.8. The SMILES string of the molecule is CCc1nc(-c2cccc(C(C)(C)C)c2)no1. The summed E-state index contributed by atoms with van der Waals surface area (Å²) in [6, 6.07) is 8.31. The van der Waals surface area contributed by atoms with E-state index >= 15 is 0 Å². The summed E-state index contributed by atoms with van der Waals surface area (Å²) in [6.07, 6.45) is 0.770. The van der Waals surface area contributed by atoms with E-state index in [1.54, 1.807) is 0 Å². The first-order chi connectivity index (χ1) is 8.00. The van der Waals surface area contributed by atoms with Crippen LogP contribution in [0, 0.1) is 0 Å². The molecule has 1 aromatic carbocycles. The molecule has 0 saturated heterocycles. The Balaban J connectivity index is 2.39. The molecule has 0 radical (unpaired) electrons. The first-order valence-electron chi connectivity index (χ1n) is 5.94. The molecule has 0 amide bonds. The van der Waals surface area contributed by atoms with Gasteiger partial charge in [-0.3, -0.25) is 0 Å². The largest absolute Gasteiger partial charge is 0.339 e. The Morgan fingerprint density at radius 2 is 2.00 bits per heavy atom. The average molecular weight is 230 g/mol. The molecule has 0 bridgehead atoms. The summed E-state index contributed by atoms with van der Waals surface area (Å²) in [5.74, 6) is 1.36. The van der Waals surface area contributed by atoms with Crippen LogP contribution in [0.1, 0.15) is 39.1 Å². The van der Waals surface area contributed by atoms with Gasteiger partial charge in [-0.2, -0.15) is 4.98 Å². The molecule has 1 heterocycles. The van der Waals surface area contributed by atoms with Gasteiger partial charge in [0, 0.05) is 12.0 Å². The second-order valence-electron chi connectivity index (χ2n) is 5.20. The lowest BCUT2D eigenvalue weighted by Crippen LogP contribution is -2.10. The molecule has 0 aliphatic rings. The zero-order valence-electron chi connectivity index (χ0n) is 10.8. The standard InChI is InChI=1S/C14H18N2O/c1-5-12-15-13(16-17-12)10-7-6-8-11(9-10)14(2,3)4/h6-9H,5H2,1-4H3. The van der Waals surface area contributed by atoms with Gasteiger partial charge in [0.25, 0.3) is 0 Å². The summed E-state index contributed by atoms with van der Waals surface area (Å²) >= 11 is 0. The van der Waals surface area contributed by atoms with E-state index in [-0.39, 0.29) is 5.41 Å². The maximum absolute atomic E-state index is 5.13. The molecule has 90 valence electrons. The van der Waals surface area contributed by atoms with Crippen molar-refractivity contribution in [2.45, 2.75) is 39.5 Å². The molecule has 0 N–H and O–H groups in total. The molecule has 0 spiro atoms. The second kappa shape index (κ2) is 4.32. The zero-order valence-corrected chi connectivity index (χ0v) is 10.8. The van der Waals surface area contributed by atoms with Crippen molar-refractivity contribution in [1.82, 2.24) is 10.1 Å². The van der Waals surface area contributed by atoms with Crippen LogP contribution >= 0.6 is 0 Å². The third-order valence-corrected chi connectivity index (χ3v) is 2.76. The minimum absolute atomic E-state index is 0.132. The summed E-state index contributed by atoms with van der Waals surface area (Å²) in [7, 11) is 0. The molecule has 0 atom stereocenters. The molecule has 2 aromatic rings. The van der Waals surface area contributed by atoms with Crippen molar-refractivity contribution in [3.05, 3.63) is 35.7 Å². The minimum atomic E-state index is 0.132. The van der Waals surface area contributed by atoms with Gasteiger partial charge in [-0.15, -0.1) is 0 Å². The van der Waals surface area contributed by atoms with Gasteiger partial charge in [0.1, 0.15) is 0 Å².